The fourth-order valence-electron chi connectivity index (χ4n) is 1.10. The average molecular weight is 164 g/mol. The first-order chi connectivity index (χ1) is 5.88. The lowest BCUT2D eigenvalue weighted by Gasteiger charge is -2.15. The van der Waals surface area contributed by atoms with Crippen molar-refractivity contribution in [1.82, 2.24) is 5.32 Å². The summed E-state index contributed by atoms with van der Waals surface area (Å²) in [6.07, 6.45) is 0.00426. The van der Waals surface area contributed by atoms with Crippen molar-refractivity contribution in [2.45, 2.75) is 13.2 Å². The Bertz CT molecular complexity index is 210. The van der Waals surface area contributed by atoms with Crippen molar-refractivity contribution >= 4 is 0 Å². The van der Waals surface area contributed by atoms with Gasteiger partial charge in [-0.3, -0.25) is 5.32 Å². The van der Waals surface area contributed by atoms with Crippen molar-refractivity contribution in [1.29, 1.82) is 0 Å². The van der Waals surface area contributed by atoms with Crippen LogP contribution in [0, 0.1) is 6.07 Å². The summed E-state index contributed by atoms with van der Waals surface area (Å²) in [6.45, 7) is 2.96. The van der Waals surface area contributed by atoms with Gasteiger partial charge in [0.25, 0.3) is 0 Å². The molecule has 0 heterocycles. The average Bonchev–Trinajstić information content (AvgIpc) is 2.15. The standard InChI is InChI=1S/C10H14NO/c1-3-11-10(12-2)9-7-5-4-6-8-9/h5-8,10-11H,3H2,1-2H3. The van der Waals surface area contributed by atoms with E-state index in [1.807, 2.05) is 24.3 Å². The number of ether oxygens (including phenoxy) is 1. The van der Waals surface area contributed by atoms with Gasteiger partial charge in [0.15, 0.2) is 0 Å². The molecule has 0 fully saturated rings. The van der Waals surface area contributed by atoms with Gasteiger partial charge in [0.2, 0.25) is 0 Å². The first-order valence-corrected chi connectivity index (χ1v) is 4.10. The molecule has 1 aromatic rings. The summed E-state index contributed by atoms with van der Waals surface area (Å²) < 4.78 is 5.25. The van der Waals surface area contributed by atoms with E-state index < -0.39 is 0 Å². The number of hydrogen-bond donors (Lipinski definition) is 1. The van der Waals surface area contributed by atoms with E-state index in [9.17, 15) is 0 Å². The predicted molar refractivity (Wildman–Crippen MR) is 48.7 cm³/mol. The highest BCUT2D eigenvalue weighted by molar-refractivity contribution is 5.16. The molecule has 2 heteroatoms. The van der Waals surface area contributed by atoms with Crippen molar-refractivity contribution in [3.63, 3.8) is 0 Å². The van der Waals surface area contributed by atoms with Crippen LogP contribution in [-0.4, -0.2) is 13.7 Å². The molecule has 0 amide bonds. The van der Waals surface area contributed by atoms with Gasteiger partial charge in [-0.1, -0.05) is 31.2 Å². The molecule has 65 valence electrons. The zero-order valence-corrected chi connectivity index (χ0v) is 7.50. The monoisotopic (exact) mass is 164 g/mol. The molecule has 0 saturated carbocycles. The van der Waals surface area contributed by atoms with E-state index in [1.165, 1.54) is 0 Å². The maximum Gasteiger partial charge on any atom is 0.133 e. The van der Waals surface area contributed by atoms with E-state index in [-0.39, 0.29) is 6.23 Å². The first kappa shape index (κ1) is 9.23. The van der Waals surface area contributed by atoms with Crippen molar-refractivity contribution in [2.24, 2.45) is 0 Å². The minimum atomic E-state index is 0.00426. The Labute approximate surface area is 73.6 Å². The lowest BCUT2D eigenvalue weighted by molar-refractivity contribution is 0.0755. The van der Waals surface area contributed by atoms with Crippen molar-refractivity contribution in [3.05, 3.63) is 35.9 Å². The number of hydrogen-bond acceptors (Lipinski definition) is 2. The molecule has 0 aromatic heterocycles. The van der Waals surface area contributed by atoms with Crippen LogP contribution in [0.4, 0.5) is 0 Å². The SMILES string of the molecule is CCNC(OC)c1cc[c]cc1. The van der Waals surface area contributed by atoms with Gasteiger partial charge >= 0.3 is 0 Å². The summed E-state index contributed by atoms with van der Waals surface area (Å²) in [4.78, 5) is 0. The molecule has 12 heavy (non-hydrogen) atoms. The zero-order valence-electron chi connectivity index (χ0n) is 7.50. The molecule has 1 N–H and O–H groups in total. The number of rotatable bonds is 4. The minimum absolute atomic E-state index is 0.00426. The number of nitrogens with one attached hydrogen (secondary N) is 1. The third-order valence-corrected chi connectivity index (χ3v) is 1.67. The molecule has 1 unspecified atom stereocenters. The van der Waals surface area contributed by atoms with Crippen LogP contribution in [-0.2, 0) is 4.74 Å². The molecule has 0 saturated heterocycles. The molecule has 1 rings (SSSR count). The highest BCUT2D eigenvalue weighted by Crippen LogP contribution is 2.11. The molecule has 0 aliphatic heterocycles. The molecular formula is C10H14NO. The van der Waals surface area contributed by atoms with Crippen LogP contribution in [0.25, 0.3) is 0 Å². The lowest BCUT2D eigenvalue weighted by atomic mass is 10.2. The van der Waals surface area contributed by atoms with E-state index in [2.05, 4.69) is 18.3 Å². The van der Waals surface area contributed by atoms with Gasteiger partial charge in [0.05, 0.1) is 0 Å². The molecule has 2 nitrogen and oxygen atoms in total. The maximum atomic E-state index is 5.25. The third-order valence-electron chi connectivity index (χ3n) is 1.67. The molecule has 1 aromatic carbocycles. The van der Waals surface area contributed by atoms with Gasteiger partial charge in [-0.15, -0.1) is 0 Å². The second-order valence-corrected chi connectivity index (χ2v) is 2.51. The predicted octanol–water partition coefficient (Wildman–Crippen LogP) is 1.74. The normalized spacial score (nSPS) is 12.8. The Hall–Kier alpha value is -0.860. The topological polar surface area (TPSA) is 21.3 Å². The number of methoxy groups -OCH3 is 1. The fraction of sp³-hybridized carbons (Fsp3) is 0.400. The summed E-state index contributed by atoms with van der Waals surface area (Å²) in [5.74, 6) is 0. The highest BCUT2D eigenvalue weighted by atomic mass is 16.5. The molecule has 1 atom stereocenters. The van der Waals surface area contributed by atoms with Crippen LogP contribution in [0.3, 0.4) is 0 Å². The zero-order chi connectivity index (χ0) is 8.81. The van der Waals surface area contributed by atoms with Gasteiger partial charge < -0.3 is 4.74 Å². The second kappa shape index (κ2) is 4.91. The van der Waals surface area contributed by atoms with Crippen LogP contribution >= 0.6 is 0 Å². The molecular weight excluding hydrogens is 150 g/mol. The van der Waals surface area contributed by atoms with E-state index in [0.717, 1.165) is 12.1 Å². The summed E-state index contributed by atoms with van der Waals surface area (Å²) in [6, 6.07) is 10.7. The van der Waals surface area contributed by atoms with Gasteiger partial charge in [-0.25, -0.2) is 0 Å². The number of benzene rings is 1. The maximum absolute atomic E-state index is 5.25. The largest absolute Gasteiger partial charge is 0.362 e. The molecule has 0 spiro atoms. The summed E-state index contributed by atoms with van der Waals surface area (Å²) in [5, 5.41) is 3.21. The highest BCUT2D eigenvalue weighted by Gasteiger charge is 2.05. The van der Waals surface area contributed by atoms with Gasteiger partial charge in [-0.05, 0) is 18.2 Å². The van der Waals surface area contributed by atoms with E-state index in [1.54, 1.807) is 7.11 Å². The Balaban J connectivity index is 2.66. The summed E-state index contributed by atoms with van der Waals surface area (Å²) >= 11 is 0. The van der Waals surface area contributed by atoms with Crippen molar-refractivity contribution < 1.29 is 4.74 Å². The van der Waals surface area contributed by atoms with Crippen molar-refractivity contribution in [3.8, 4) is 0 Å². The summed E-state index contributed by atoms with van der Waals surface area (Å²) in [7, 11) is 1.70. The van der Waals surface area contributed by atoms with E-state index >= 15 is 0 Å². The summed E-state index contributed by atoms with van der Waals surface area (Å²) in [5.41, 5.74) is 1.14. The van der Waals surface area contributed by atoms with Gasteiger partial charge in [0, 0.05) is 7.11 Å². The van der Waals surface area contributed by atoms with Crippen LogP contribution in [0.2, 0.25) is 0 Å². The Kier molecular flexibility index (Phi) is 3.77. The first-order valence-electron chi connectivity index (χ1n) is 4.10. The van der Waals surface area contributed by atoms with E-state index in [0.29, 0.717) is 0 Å². The quantitative estimate of drug-likeness (QED) is 0.684. The Morgan fingerprint density at radius 3 is 2.67 bits per heavy atom. The van der Waals surface area contributed by atoms with Crippen LogP contribution in [0.15, 0.2) is 24.3 Å². The van der Waals surface area contributed by atoms with Gasteiger partial charge in [-0.2, -0.15) is 0 Å². The molecule has 0 aliphatic carbocycles. The second-order valence-electron chi connectivity index (χ2n) is 2.51. The molecule has 0 aliphatic rings. The van der Waals surface area contributed by atoms with Crippen LogP contribution < -0.4 is 5.32 Å². The van der Waals surface area contributed by atoms with Crippen LogP contribution in [0.1, 0.15) is 18.7 Å². The molecule has 0 bridgehead atoms. The third kappa shape index (κ3) is 2.32. The van der Waals surface area contributed by atoms with E-state index in [4.69, 9.17) is 4.74 Å². The molecule has 1 radical (unpaired) electrons. The van der Waals surface area contributed by atoms with Crippen LogP contribution in [0.5, 0.6) is 0 Å². The fourth-order valence-corrected chi connectivity index (χ4v) is 1.10. The Morgan fingerprint density at radius 1 is 1.50 bits per heavy atom. The Morgan fingerprint density at radius 2 is 2.17 bits per heavy atom. The lowest BCUT2D eigenvalue weighted by Crippen LogP contribution is -2.22. The van der Waals surface area contributed by atoms with Gasteiger partial charge in [0.1, 0.15) is 6.23 Å². The minimum Gasteiger partial charge on any atom is -0.362 e. The van der Waals surface area contributed by atoms with Crippen molar-refractivity contribution in [2.75, 3.05) is 13.7 Å². The smallest absolute Gasteiger partial charge is 0.133 e.